The summed E-state index contributed by atoms with van der Waals surface area (Å²) in [6, 6.07) is 3.74. The van der Waals surface area contributed by atoms with Gasteiger partial charge in [0.05, 0.1) is 17.6 Å². The molecular weight excluding hydrogens is 214 g/mol. The fraction of sp³-hybridized carbons (Fsp3) is 0.333. The number of aromatic nitrogens is 3. The van der Waals surface area contributed by atoms with Crippen LogP contribution in [-0.2, 0) is 13.6 Å². The fourth-order valence-electron chi connectivity index (χ4n) is 1.57. The van der Waals surface area contributed by atoms with Crippen LogP contribution in [-0.4, -0.2) is 14.8 Å². The Bertz CT molecular complexity index is 530. The van der Waals surface area contributed by atoms with Gasteiger partial charge in [0.25, 0.3) is 0 Å². The number of hydrogen-bond acceptors (Lipinski definition) is 4. The standard InChI is InChI=1S/C12H17N5/c1-8-11(13)4-5-12(16-8)14-6-10-7-15-17(3)9(10)2/h4-5,7H,6,13H2,1-3H3,(H,14,16). The average Bonchev–Trinajstić information content (AvgIpc) is 2.62. The molecule has 17 heavy (non-hydrogen) atoms. The van der Waals surface area contributed by atoms with Gasteiger partial charge in [0, 0.05) is 24.8 Å². The van der Waals surface area contributed by atoms with Crippen molar-refractivity contribution in [2.75, 3.05) is 11.1 Å². The maximum atomic E-state index is 5.72. The van der Waals surface area contributed by atoms with Crippen molar-refractivity contribution in [3.05, 3.63) is 35.3 Å². The molecule has 2 heterocycles. The van der Waals surface area contributed by atoms with E-state index in [1.807, 2.05) is 43.9 Å². The maximum absolute atomic E-state index is 5.72. The highest BCUT2D eigenvalue weighted by Gasteiger charge is 2.04. The molecule has 90 valence electrons. The van der Waals surface area contributed by atoms with E-state index < -0.39 is 0 Å². The molecule has 2 aromatic heterocycles. The zero-order valence-electron chi connectivity index (χ0n) is 10.4. The van der Waals surface area contributed by atoms with Crippen molar-refractivity contribution >= 4 is 11.5 Å². The molecule has 0 saturated carbocycles. The predicted octanol–water partition coefficient (Wildman–Crippen LogP) is 1.63. The van der Waals surface area contributed by atoms with Gasteiger partial charge < -0.3 is 11.1 Å². The second-order valence-electron chi connectivity index (χ2n) is 4.10. The predicted molar refractivity (Wildman–Crippen MR) is 68.7 cm³/mol. The second kappa shape index (κ2) is 4.45. The Morgan fingerprint density at radius 3 is 2.71 bits per heavy atom. The van der Waals surface area contributed by atoms with Gasteiger partial charge in [-0.15, -0.1) is 0 Å². The maximum Gasteiger partial charge on any atom is 0.126 e. The molecule has 0 aliphatic rings. The van der Waals surface area contributed by atoms with Gasteiger partial charge in [-0.25, -0.2) is 4.98 Å². The number of nitrogens with one attached hydrogen (secondary N) is 1. The topological polar surface area (TPSA) is 68.8 Å². The molecule has 0 amide bonds. The van der Waals surface area contributed by atoms with E-state index in [0.717, 1.165) is 23.8 Å². The monoisotopic (exact) mass is 231 g/mol. The van der Waals surface area contributed by atoms with Crippen molar-refractivity contribution in [2.45, 2.75) is 20.4 Å². The molecule has 0 unspecified atom stereocenters. The van der Waals surface area contributed by atoms with E-state index in [1.54, 1.807) is 0 Å². The highest BCUT2D eigenvalue weighted by atomic mass is 15.3. The SMILES string of the molecule is Cc1nc(NCc2cnn(C)c2C)ccc1N. The van der Waals surface area contributed by atoms with Crippen LogP contribution < -0.4 is 11.1 Å². The van der Waals surface area contributed by atoms with Crippen molar-refractivity contribution in [3.63, 3.8) is 0 Å². The van der Waals surface area contributed by atoms with Crippen molar-refractivity contribution in [1.82, 2.24) is 14.8 Å². The Balaban J connectivity index is 2.07. The lowest BCUT2D eigenvalue weighted by Gasteiger charge is -2.07. The minimum atomic E-state index is 0.716. The first-order chi connectivity index (χ1) is 8.08. The molecule has 0 aliphatic heterocycles. The molecule has 0 fully saturated rings. The quantitative estimate of drug-likeness (QED) is 0.842. The van der Waals surface area contributed by atoms with E-state index in [-0.39, 0.29) is 0 Å². The third-order valence-corrected chi connectivity index (χ3v) is 2.92. The van der Waals surface area contributed by atoms with E-state index in [0.29, 0.717) is 5.69 Å². The minimum Gasteiger partial charge on any atom is -0.397 e. The third-order valence-electron chi connectivity index (χ3n) is 2.92. The van der Waals surface area contributed by atoms with E-state index in [4.69, 9.17) is 5.73 Å². The number of nitrogens with two attached hydrogens (primary N) is 1. The van der Waals surface area contributed by atoms with Crippen LogP contribution in [0.25, 0.3) is 0 Å². The largest absolute Gasteiger partial charge is 0.397 e. The Morgan fingerprint density at radius 1 is 1.35 bits per heavy atom. The molecule has 5 heteroatoms. The van der Waals surface area contributed by atoms with Gasteiger partial charge in [-0.3, -0.25) is 4.68 Å². The number of nitrogen functional groups attached to an aromatic ring is 1. The summed E-state index contributed by atoms with van der Waals surface area (Å²) in [5.74, 6) is 0.833. The fourth-order valence-corrected chi connectivity index (χ4v) is 1.57. The van der Waals surface area contributed by atoms with Crippen LogP contribution in [0.2, 0.25) is 0 Å². The average molecular weight is 231 g/mol. The molecule has 2 aromatic rings. The molecule has 0 saturated heterocycles. The Hall–Kier alpha value is -2.04. The highest BCUT2D eigenvalue weighted by Crippen LogP contribution is 2.13. The van der Waals surface area contributed by atoms with Crippen molar-refractivity contribution < 1.29 is 0 Å². The molecule has 5 nitrogen and oxygen atoms in total. The summed E-state index contributed by atoms with van der Waals surface area (Å²) in [4.78, 5) is 4.36. The van der Waals surface area contributed by atoms with Crippen LogP contribution in [0.15, 0.2) is 18.3 Å². The first-order valence-corrected chi connectivity index (χ1v) is 5.52. The molecule has 0 atom stereocenters. The molecule has 0 radical (unpaired) electrons. The van der Waals surface area contributed by atoms with Gasteiger partial charge in [0.1, 0.15) is 5.82 Å². The summed E-state index contributed by atoms with van der Waals surface area (Å²) in [7, 11) is 1.93. The van der Waals surface area contributed by atoms with Crippen molar-refractivity contribution in [1.29, 1.82) is 0 Å². The normalized spacial score (nSPS) is 10.5. The van der Waals surface area contributed by atoms with Crippen molar-refractivity contribution in [3.8, 4) is 0 Å². The van der Waals surface area contributed by atoms with Gasteiger partial charge in [0.15, 0.2) is 0 Å². The summed E-state index contributed by atoms with van der Waals surface area (Å²) in [6.45, 7) is 4.66. The summed E-state index contributed by atoms with van der Waals surface area (Å²) >= 11 is 0. The van der Waals surface area contributed by atoms with Crippen LogP contribution in [0.4, 0.5) is 11.5 Å². The molecule has 0 bridgehead atoms. The van der Waals surface area contributed by atoms with E-state index in [1.165, 1.54) is 5.56 Å². The van der Waals surface area contributed by atoms with Crippen LogP contribution >= 0.6 is 0 Å². The zero-order chi connectivity index (χ0) is 12.4. The van der Waals surface area contributed by atoms with Gasteiger partial charge in [-0.05, 0) is 26.0 Å². The third kappa shape index (κ3) is 2.38. The Morgan fingerprint density at radius 2 is 2.12 bits per heavy atom. The number of nitrogens with zero attached hydrogens (tertiary/aromatic N) is 3. The Labute approximate surface area is 101 Å². The molecule has 0 spiro atoms. The lowest BCUT2D eigenvalue weighted by molar-refractivity contribution is 0.738. The van der Waals surface area contributed by atoms with Gasteiger partial charge in [0.2, 0.25) is 0 Å². The first kappa shape index (κ1) is 11.4. The summed E-state index contributed by atoms with van der Waals surface area (Å²) in [5, 5.41) is 7.46. The van der Waals surface area contributed by atoms with Crippen LogP contribution in [0.3, 0.4) is 0 Å². The number of hydrogen-bond donors (Lipinski definition) is 2. The molecule has 3 N–H and O–H groups in total. The summed E-state index contributed by atoms with van der Waals surface area (Å²) in [6.07, 6.45) is 1.87. The van der Waals surface area contributed by atoms with Gasteiger partial charge >= 0.3 is 0 Å². The number of aryl methyl sites for hydroxylation is 2. The summed E-state index contributed by atoms with van der Waals surface area (Å²) in [5.41, 5.74) is 9.61. The molecule has 2 rings (SSSR count). The van der Waals surface area contributed by atoms with Crippen LogP contribution in [0.5, 0.6) is 0 Å². The smallest absolute Gasteiger partial charge is 0.126 e. The van der Waals surface area contributed by atoms with E-state index >= 15 is 0 Å². The molecular formula is C12H17N5. The van der Waals surface area contributed by atoms with E-state index in [9.17, 15) is 0 Å². The minimum absolute atomic E-state index is 0.716. The first-order valence-electron chi connectivity index (χ1n) is 5.52. The highest BCUT2D eigenvalue weighted by molar-refractivity contribution is 5.49. The lowest BCUT2D eigenvalue weighted by Crippen LogP contribution is -2.04. The number of rotatable bonds is 3. The lowest BCUT2D eigenvalue weighted by atomic mass is 10.2. The van der Waals surface area contributed by atoms with Gasteiger partial charge in [-0.1, -0.05) is 0 Å². The molecule has 0 aromatic carbocycles. The van der Waals surface area contributed by atoms with Crippen LogP contribution in [0.1, 0.15) is 17.0 Å². The zero-order valence-corrected chi connectivity index (χ0v) is 10.4. The van der Waals surface area contributed by atoms with E-state index in [2.05, 4.69) is 15.4 Å². The molecule has 0 aliphatic carbocycles. The van der Waals surface area contributed by atoms with Crippen LogP contribution in [0, 0.1) is 13.8 Å². The Kier molecular flexibility index (Phi) is 2.99. The summed E-state index contributed by atoms with van der Waals surface area (Å²) < 4.78 is 1.86. The number of pyridine rings is 1. The van der Waals surface area contributed by atoms with Gasteiger partial charge in [-0.2, -0.15) is 5.10 Å². The second-order valence-corrected chi connectivity index (χ2v) is 4.10. The van der Waals surface area contributed by atoms with Crippen molar-refractivity contribution in [2.24, 2.45) is 7.05 Å². The number of anilines is 2.